The Kier molecular flexibility index (Phi) is 7.26. The Morgan fingerprint density at radius 2 is 1.50 bits per heavy atom. The summed E-state index contributed by atoms with van der Waals surface area (Å²) >= 11 is 0. The molecule has 1 atom stereocenters. The first-order valence-corrected chi connectivity index (χ1v) is 6.18. The lowest BCUT2D eigenvalue weighted by Crippen LogP contribution is -2.26. The summed E-state index contributed by atoms with van der Waals surface area (Å²) in [5.74, 6) is 0. The summed E-state index contributed by atoms with van der Waals surface area (Å²) in [6, 6.07) is 0. The Hall–Kier alpha value is -0.0400. The molecular formula is C13H28O. The van der Waals surface area contributed by atoms with Crippen LogP contribution in [-0.4, -0.2) is 11.2 Å². The second-order valence-electron chi connectivity index (χ2n) is 5.18. The molecule has 0 amide bonds. The monoisotopic (exact) mass is 200 g/mol. The first-order chi connectivity index (χ1) is 6.50. The zero-order valence-electron chi connectivity index (χ0n) is 10.5. The van der Waals surface area contributed by atoms with E-state index in [9.17, 15) is 5.11 Å². The van der Waals surface area contributed by atoms with Crippen LogP contribution < -0.4 is 0 Å². The fraction of sp³-hybridized carbons (Fsp3) is 1.00. The van der Waals surface area contributed by atoms with Crippen molar-refractivity contribution in [3.05, 3.63) is 0 Å². The number of hydrogen-bond acceptors (Lipinski definition) is 1. The van der Waals surface area contributed by atoms with Crippen LogP contribution in [0.1, 0.15) is 72.6 Å². The van der Waals surface area contributed by atoms with Crippen molar-refractivity contribution < 1.29 is 5.11 Å². The fourth-order valence-corrected chi connectivity index (χ4v) is 1.57. The zero-order valence-corrected chi connectivity index (χ0v) is 10.5. The summed E-state index contributed by atoms with van der Waals surface area (Å²) in [4.78, 5) is 0. The molecule has 0 aromatic heterocycles. The largest absolute Gasteiger partial charge is 0.393 e. The predicted molar refractivity (Wildman–Crippen MR) is 63.5 cm³/mol. The molecule has 14 heavy (non-hydrogen) atoms. The van der Waals surface area contributed by atoms with Crippen LogP contribution >= 0.6 is 0 Å². The molecule has 0 aliphatic rings. The van der Waals surface area contributed by atoms with E-state index in [2.05, 4.69) is 20.8 Å². The van der Waals surface area contributed by atoms with Crippen LogP contribution in [0, 0.1) is 5.41 Å². The molecule has 0 aromatic carbocycles. The van der Waals surface area contributed by atoms with E-state index in [1.165, 1.54) is 38.5 Å². The number of hydrogen-bond donors (Lipinski definition) is 1. The lowest BCUT2D eigenvalue weighted by molar-refractivity contribution is 0.0577. The molecule has 0 rings (SSSR count). The van der Waals surface area contributed by atoms with Crippen molar-refractivity contribution in [2.45, 2.75) is 78.7 Å². The van der Waals surface area contributed by atoms with Gasteiger partial charge in [0.2, 0.25) is 0 Å². The van der Waals surface area contributed by atoms with Crippen LogP contribution in [0.5, 0.6) is 0 Å². The van der Waals surface area contributed by atoms with Crippen molar-refractivity contribution in [3.8, 4) is 0 Å². The van der Waals surface area contributed by atoms with Gasteiger partial charge < -0.3 is 5.11 Å². The van der Waals surface area contributed by atoms with Crippen LogP contribution in [0.3, 0.4) is 0 Å². The lowest BCUT2D eigenvalue weighted by atomic mass is 9.82. The summed E-state index contributed by atoms with van der Waals surface area (Å²) in [7, 11) is 0. The molecule has 1 heteroatoms. The molecule has 86 valence electrons. The maximum atomic E-state index is 9.52. The predicted octanol–water partition coefficient (Wildman–Crippen LogP) is 4.14. The van der Waals surface area contributed by atoms with Gasteiger partial charge in [0.05, 0.1) is 6.10 Å². The van der Waals surface area contributed by atoms with E-state index >= 15 is 0 Å². The molecule has 0 fully saturated rings. The fourth-order valence-electron chi connectivity index (χ4n) is 1.57. The second-order valence-corrected chi connectivity index (χ2v) is 5.18. The van der Waals surface area contributed by atoms with Crippen LogP contribution in [0.15, 0.2) is 0 Å². The van der Waals surface area contributed by atoms with Gasteiger partial charge in [-0.1, -0.05) is 59.3 Å². The van der Waals surface area contributed by atoms with E-state index < -0.39 is 0 Å². The molecule has 0 aliphatic heterocycles. The van der Waals surface area contributed by atoms with Gasteiger partial charge in [0, 0.05) is 0 Å². The summed E-state index contributed by atoms with van der Waals surface area (Å²) in [5.41, 5.74) is 0.102. The third kappa shape index (κ3) is 6.42. The van der Waals surface area contributed by atoms with Crippen molar-refractivity contribution in [1.82, 2.24) is 0 Å². The Labute approximate surface area is 89.9 Å². The van der Waals surface area contributed by atoms with E-state index in [0.29, 0.717) is 0 Å². The Balaban J connectivity index is 3.35. The molecule has 0 saturated heterocycles. The SMILES string of the molecule is CCCCCCCCC(C)(C)C(C)O. The average molecular weight is 200 g/mol. The molecule has 1 nitrogen and oxygen atoms in total. The van der Waals surface area contributed by atoms with Crippen LogP contribution in [0.4, 0.5) is 0 Å². The highest BCUT2D eigenvalue weighted by Gasteiger charge is 2.22. The van der Waals surface area contributed by atoms with E-state index in [1.54, 1.807) is 0 Å². The molecule has 1 N–H and O–H groups in total. The number of aliphatic hydroxyl groups excluding tert-OH is 1. The molecule has 0 aliphatic carbocycles. The van der Waals surface area contributed by atoms with Gasteiger partial charge in [-0.3, -0.25) is 0 Å². The third-order valence-electron chi connectivity index (χ3n) is 3.31. The van der Waals surface area contributed by atoms with Crippen LogP contribution in [0.2, 0.25) is 0 Å². The Bertz CT molecular complexity index is 127. The smallest absolute Gasteiger partial charge is 0.0563 e. The highest BCUT2D eigenvalue weighted by atomic mass is 16.3. The summed E-state index contributed by atoms with van der Waals surface area (Å²) < 4.78 is 0. The molecule has 0 saturated carbocycles. The van der Waals surface area contributed by atoms with Gasteiger partial charge in [-0.25, -0.2) is 0 Å². The van der Waals surface area contributed by atoms with E-state index in [4.69, 9.17) is 0 Å². The van der Waals surface area contributed by atoms with Crippen molar-refractivity contribution in [2.75, 3.05) is 0 Å². The second kappa shape index (κ2) is 7.28. The maximum absolute atomic E-state index is 9.52. The normalized spacial score (nSPS) is 14.4. The standard InChI is InChI=1S/C13H28O/c1-5-6-7-8-9-10-11-13(3,4)12(2)14/h12,14H,5-11H2,1-4H3. The highest BCUT2D eigenvalue weighted by molar-refractivity contribution is 4.73. The molecule has 0 spiro atoms. The summed E-state index contributed by atoms with van der Waals surface area (Å²) in [5, 5.41) is 9.52. The van der Waals surface area contributed by atoms with Gasteiger partial charge in [0.1, 0.15) is 0 Å². The lowest BCUT2D eigenvalue weighted by Gasteiger charge is -2.27. The summed E-state index contributed by atoms with van der Waals surface area (Å²) in [6.07, 6.45) is 9.00. The van der Waals surface area contributed by atoms with E-state index in [1.807, 2.05) is 6.92 Å². The molecule has 1 unspecified atom stereocenters. The first-order valence-electron chi connectivity index (χ1n) is 6.18. The van der Waals surface area contributed by atoms with E-state index in [-0.39, 0.29) is 11.5 Å². The Morgan fingerprint density at radius 3 is 2.00 bits per heavy atom. The Morgan fingerprint density at radius 1 is 1.00 bits per heavy atom. The minimum atomic E-state index is -0.182. The highest BCUT2D eigenvalue weighted by Crippen LogP contribution is 2.27. The third-order valence-corrected chi connectivity index (χ3v) is 3.31. The van der Waals surface area contributed by atoms with Crippen molar-refractivity contribution in [2.24, 2.45) is 5.41 Å². The van der Waals surface area contributed by atoms with Crippen molar-refractivity contribution in [3.63, 3.8) is 0 Å². The van der Waals surface area contributed by atoms with E-state index in [0.717, 1.165) is 6.42 Å². The summed E-state index contributed by atoms with van der Waals surface area (Å²) in [6.45, 7) is 8.46. The molecule has 0 radical (unpaired) electrons. The minimum absolute atomic E-state index is 0.102. The maximum Gasteiger partial charge on any atom is 0.0563 e. The molecule has 0 heterocycles. The quantitative estimate of drug-likeness (QED) is 0.584. The first kappa shape index (κ1) is 14.0. The molecule has 0 aromatic rings. The zero-order chi connectivity index (χ0) is 11.0. The number of unbranched alkanes of at least 4 members (excludes halogenated alkanes) is 5. The van der Waals surface area contributed by atoms with Gasteiger partial charge in [-0.2, -0.15) is 0 Å². The molecular weight excluding hydrogens is 172 g/mol. The van der Waals surface area contributed by atoms with Gasteiger partial charge in [-0.05, 0) is 18.8 Å². The van der Waals surface area contributed by atoms with Gasteiger partial charge >= 0.3 is 0 Å². The van der Waals surface area contributed by atoms with Crippen molar-refractivity contribution in [1.29, 1.82) is 0 Å². The van der Waals surface area contributed by atoms with Crippen LogP contribution in [-0.2, 0) is 0 Å². The van der Waals surface area contributed by atoms with Gasteiger partial charge in [-0.15, -0.1) is 0 Å². The topological polar surface area (TPSA) is 20.2 Å². The average Bonchev–Trinajstić information content (AvgIpc) is 2.10. The van der Waals surface area contributed by atoms with Crippen LogP contribution in [0.25, 0.3) is 0 Å². The molecule has 0 bridgehead atoms. The van der Waals surface area contributed by atoms with Gasteiger partial charge in [0.15, 0.2) is 0 Å². The minimum Gasteiger partial charge on any atom is -0.393 e. The number of rotatable bonds is 8. The van der Waals surface area contributed by atoms with Gasteiger partial charge in [0.25, 0.3) is 0 Å². The number of aliphatic hydroxyl groups is 1. The van der Waals surface area contributed by atoms with Crippen molar-refractivity contribution >= 4 is 0 Å².